The molecule has 0 saturated heterocycles. The largest absolute Gasteiger partial charge is 0.493 e. The normalized spacial score (nSPS) is 13.7. The highest BCUT2D eigenvalue weighted by Gasteiger charge is 2.21. The minimum absolute atomic E-state index is 0.0400. The van der Waals surface area contributed by atoms with Gasteiger partial charge in [0.15, 0.2) is 0 Å². The van der Waals surface area contributed by atoms with Gasteiger partial charge >= 0.3 is 5.69 Å². The van der Waals surface area contributed by atoms with Gasteiger partial charge in [-0.25, -0.2) is 4.79 Å². The van der Waals surface area contributed by atoms with E-state index in [1.165, 1.54) is 5.39 Å². The number of benzene rings is 1. The Morgan fingerprint density at radius 2 is 1.90 bits per heavy atom. The predicted octanol–water partition coefficient (Wildman–Crippen LogP) is 3.59. The van der Waals surface area contributed by atoms with Gasteiger partial charge in [0, 0.05) is 25.0 Å². The molecule has 29 heavy (non-hydrogen) atoms. The number of nitrogens with zero attached hydrogens (tertiary/aromatic N) is 3. The minimum atomic E-state index is -0.0400. The summed E-state index contributed by atoms with van der Waals surface area (Å²) in [5.74, 6) is 0.194. The number of imidazole rings is 1. The van der Waals surface area contributed by atoms with Crippen LogP contribution in [0.1, 0.15) is 49.9 Å². The molecular weight excluding hydrogens is 364 g/mol. The second kappa shape index (κ2) is 9.27. The third-order valence-electron chi connectivity index (χ3n) is 5.79. The third-order valence-corrected chi connectivity index (χ3v) is 5.79. The van der Waals surface area contributed by atoms with E-state index in [9.17, 15) is 9.90 Å². The lowest BCUT2D eigenvalue weighted by Gasteiger charge is -2.11. The molecule has 3 heterocycles. The molecule has 154 valence electrons. The van der Waals surface area contributed by atoms with Crippen molar-refractivity contribution in [3.8, 4) is 5.88 Å². The van der Waals surface area contributed by atoms with Crippen LogP contribution in [0.2, 0.25) is 0 Å². The fourth-order valence-corrected chi connectivity index (χ4v) is 4.17. The van der Waals surface area contributed by atoms with Crippen molar-refractivity contribution < 1.29 is 5.11 Å². The Morgan fingerprint density at radius 3 is 2.79 bits per heavy atom. The molecule has 6 heteroatoms. The quantitative estimate of drug-likeness (QED) is 0.544. The van der Waals surface area contributed by atoms with Crippen LogP contribution in [-0.2, 0) is 26.1 Å². The fraction of sp³-hybridized carbons (Fsp3) is 0.478. The van der Waals surface area contributed by atoms with E-state index >= 15 is 0 Å². The Bertz CT molecular complexity index is 1020. The summed E-state index contributed by atoms with van der Waals surface area (Å²) in [6, 6.07) is 12.4. The van der Waals surface area contributed by atoms with E-state index in [2.05, 4.69) is 28.5 Å². The van der Waals surface area contributed by atoms with Gasteiger partial charge in [0.25, 0.3) is 0 Å². The molecule has 0 amide bonds. The summed E-state index contributed by atoms with van der Waals surface area (Å²) in [5.41, 5.74) is 2.89. The van der Waals surface area contributed by atoms with Crippen molar-refractivity contribution in [2.75, 3.05) is 6.54 Å². The van der Waals surface area contributed by atoms with Crippen molar-refractivity contribution in [1.29, 1.82) is 0 Å². The van der Waals surface area contributed by atoms with Gasteiger partial charge in [0.2, 0.25) is 5.88 Å². The predicted molar refractivity (Wildman–Crippen MR) is 115 cm³/mol. The molecule has 0 radical (unpaired) electrons. The monoisotopic (exact) mass is 394 g/mol. The van der Waals surface area contributed by atoms with Crippen LogP contribution in [0.4, 0.5) is 0 Å². The number of hydrogen-bond acceptors (Lipinski definition) is 4. The Hall–Kier alpha value is -2.60. The molecule has 0 fully saturated rings. The van der Waals surface area contributed by atoms with Crippen molar-refractivity contribution in [3.63, 3.8) is 0 Å². The first kappa shape index (κ1) is 19.7. The second-order valence-corrected chi connectivity index (χ2v) is 7.90. The number of nitrogens with one attached hydrogen (secondary N) is 1. The van der Waals surface area contributed by atoms with Crippen LogP contribution in [0.5, 0.6) is 5.88 Å². The van der Waals surface area contributed by atoms with E-state index in [-0.39, 0.29) is 11.6 Å². The van der Waals surface area contributed by atoms with Crippen molar-refractivity contribution in [2.45, 2.75) is 64.6 Å². The highest BCUT2D eigenvalue weighted by molar-refractivity contribution is 5.78. The number of unbranched alkanes of at least 4 members (excludes halogenated alkanes) is 3. The van der Waals surface area contributed by atoms with Gasteiger partial charge < -0.3 is 10.4 Å². The standard InChI is InChI=1S/C23H30N4O2/c28-22-21-11-5-8-15-26(21)23(29)27(22)16-7-2-1-6-14-24-17-19-13-12-18-9-3-4-10-20(18)25-19/h3-4,9-10,12-13,24,28H,1-2,5-8,11,14-17H2. The molecule has 0 spiro atoms. The molecule has 0 saturated carbocycles. The summed E-state index contributed by atoms with van der Waals surface area (Å²) in [5, 5.41) is 15.0. The number of fused-ring (bicyclic) bond motifs is 2. The van der Waals surface area contributed by atoms with E-state index in [0.717, 1.165) is 81.5 Å². The van der Waals surface area contributed by atoms with Crippen molar-refractivity contribution in [2.24, 2.45) is 0 Å². The number of aromatic nitrogens is 3. The van der Waals surface area contributed by atoms with E-state index in [4.69, 9.17) is 0 Å². The molecule has 0 bridgehead atoms. The van der Waals surface area contributed by atoms with E-state index in [1.54, 1.807) is 9.13 Å². The molecule has 1 aliphatic rings. The summed E-state index contributed by atoms with van der Waals surface area (Å²) in [6.07, 6.45) is 7.08. The molecule has 2 N–H and O–H groups in total. The zero-order valence-corrected chi connectivity index (χ0v) is 16.9. The van der Waals surface area contributed by atoms with Crippen LogP contribution in [0.3, 0.4) is 0 Å². The average molecular weight is 395 g/mol. The molecule has 1 aliphatic heterocycles. The van der Waals surface area contributed by atoms with E-state index in [0.29, 0.717) is 6.54 Å². The Labute approximate surface area is 171 Å². The zero-order valence-electron chi connectivity index (χ0n) is 16.9. The first-order chi connectivity index (χ1) is 14.2. The topological polar surface area (TPSA) is 72.1 Å². The molecular formula is C23H30N4O2. The molecule has 3 aromatic rings. The van der Waals surface area contributed by atoms with E-state index in [1.807, 2.05) is 18.2 Å². The molecule has 6 nitrogen and oxygen atoms in total. The summed E-state index contributed by atoms with van der Waals surface area (Å²) >= 11 is 0. The van der Waals surface area contributed by atoms with Crippen LogP contribution < -0.4 is 11.0 Å². The number of hydrogen-bond donors (Lipinski definition) is 2. The highest BCUT2D eigenvalue weighted by Crippen LogP contribution is 2.23. The zero-order chi connectivity index (χ0) is 20.1. The lowest BCUT2D eigenvalue weighted by molar-refractivity contribution is 0.399. The van der Waals surface area contributed by atoms with Gasteiger partial charge in [-0.2, -0.15) is 0 Å². The van der Waals surface area contributed by atoms with Crippen LogP contribution in [0, 0.1) is 0 Å². The van der Waals surface area contributed by atoms with Gasteiger partial charge in [-0.3, -0.25) is 14.1 Å². The maximum atomic E-state index is 12.4. The molecule has 0 aliphatic carbocycles. The van der Waals surface area contributed by atoms with E-state index < -0.39 is 0 Å². The van der Waals surface area contributed by atoms with Crippen molar-refractivity contribution >= 4 is 10.9 Å². The van der Waals surface area contributed by atoms with Gasteiger partial charge in [0.05, 0.1) is 16.9 Å². The van der Waals surface area contributed by atoms with Gasteiger partial charge in [-0.15, -0.1) is 0 Å². The lowest BCUT2D eigenvalue weighted by Crippen LogP contribution is -2.26. The summed E-state index contributed by atoms with van der Waals surface area (Å²) in [4.78, 5) is 17.1. The van der Waals surface area contributed by atoms with Crippen LogP contribution in [-0.4, -0.2) is 25.8 Å². The fourth-order valence-electron chi connectivity index (χ4n) is 4.17. The molecule has 4 rings (SSSR count). The molecule has 1 aromatic carbocycles. The van der Waals surface area contributed by atoms with Crippen LogP contribution in [0.15, 0.2) is 41.2 Å². The molecule has 0 unspecified atom stereocenters. The highest BCUT2D eigenvalue weighted by atomic mass is 16.3. The summed E-state index contributed by atoms with van der Waals surface area (Å²) in [7, 11) is 0. The van der Waals surface area contributed by atoms with Gasteiger partial charge in [0.1, 0.15) is 0 Å². The Balaban J connectivity index is 1.15. The Morgan fingerprint density at radius 1 is 1.03 bits per heavy atom. The average Bonchev–Trinajstić information content (AvgIpc) is 3.00. The number of para-hydroxylation sites is 1. The van der Waals surface area contributed by atoms with Crippen LogP contribution >= 0.6 is 0 Å². The maximum Gasteiger partial charge on any atom is 0.331 e. The van der Waals surface area contributed by atoms with Crippen LogP contribution in [0.25, 0.3) is 10.9 Å². The van der Waals surface area contributed by atoms with Gasteiger partial charge in [-0.1, -0.05) is 37.1 Å². The third kappa shape index (κ3) is 4.53. The number of pyridine rings is 1. The summed E-state index contributed by atoms with van der Waals surface area (Å²) < 4.78 is 3.31. The van der Waals surface area contributed by atoms with Gasteiger partial charge in [-0.05, 0) is 50.8 Å². The number of rotatable bonds is 9. The minimum Gasteiger partial charge on any atom is -0.493 e. The number of aromatic hydroxyl groups is 1. The first-order valence-corrected chi connectivity index (χ1v) is 10.8. The first-order valence-electron chi connectivity index (χ1n) is 10.8. The van der Waals surface area contributed by atoms with Crippen molar-refractivity contribution in [3.05, 3.63) is 58.3 Å². The maximum absolute atomic E-state index is 12.4. The lowest BCUT2D eigenvalue weighted by atomic mass is 10.1. The summed E-state index contributed by atoms with van der Waals surface area (Å²) in [6.45, 7) is 3.09. The molecule has 0 atom stereocenters. The second-order valence-electron chi connectivity index (χ2n) is 7.90. The smallest absolute Gasteiger partial charge is 0.331 e. The van der Waals surface area contributed by atoms with Crippen molar-refractivity contribution in [1.82, 2.24) is 19.4 Å². The SMILES string of the molecule is O=c1n(CCCCCCNCc2ccc3ccccc3n2)c(O)c2n1CCCC2. The Kier molecular flexibility index (Phi) is 6.30. The molecule has 2 aromatic heterocycles.